The van der Waals surface area contributed by atoms with E-state index in [0.29, 0.717) is 18.9 Å². The van der Waals surface area contributed by atoms with Gasteiger partial charge in [0.15, 0.2) is 0 Å². The molecular formula is C5H10N2. The Bertz CT molecular complexity index is 72.6. The molecule has 2 heteroatoms. The van der Waals surface area contributed by atoms with E-state index in [0.717, 1.165) is 0 Å². The fourth-order valence-electron chi connectivity index (χ4n) is 0.239. The molecule has 0 aliphatic heterocycles. The van der Waals surface area contributed by atoms with Crippen LogP contribution in [-0.2, 0) is 0 Å². The standard InChI is InChI=1S/C5H10N2/c1-5(4-7)2-3-6/h5H,2,4,7H2,1H3. The zero-order chi connectivity index (χ0) is 5.70. The maximum absolute atomic E-state index is 8.06. The molecule has 0 aromatic heterocycles. The third-order valence-corrected chi connectivity index (χ3v) is 0.842. The predicted molar refractivity (Wildman–Crippen MR) is 28.4 cm³/mol. The Morgan fingerprint density at radius 3 is 2.57 bits per heavy atom. The van der Waals surface area contributed by atoms with E-state index in [4.69, 9.17) is 11.0 Å². The lowest BCUT2D eigenvalue weighted by molar-refractivity contribution is 0.612. The van der Waals surface area contributed by atoms with Crippen molar-refractivity contribution in [1.29, 1.82) is 5.26 Å². The van der Waals surface area contributed by atoms with E-state index in [-0.39, 0.29) is 0 Å². The van der Waals surface area contributed by atoms with Gasteiger partial charge < -0.3 is 5.73 Å². The summed E-state index contributed by atoms with van der Waals surface area (Å²) in [5.74, 6) is 0.366. The van der Waals surface area contributed by atoms with Crippen molar-refractivity contribution in [2.24, 2.45) is 11.7 Å². The highest BCUT2D eigenvalue weighted by Crippen LogP contribution is 1.94. The summed E-state index contributed by atoms with van der Waals surface area (Å²) in [5, 5.41) is 8.06. The minimum absolute atomic E-state index is 0.366. The van der Waals surface area contributed by atoms with Gasteiger partial charge in [-0.1, -0.05) is 6.92 Å². The van der Waals surface area contributed by atoms with Crippen LogP contribution in [0, 0.1) is 17.2 Å². The summed E-state index contributed by atoms with van der Waals surface area (Å²) in [7, 11) is 0. The summed E-state index contributed by atoms with van der Waals surface area (Å²) < 4.78 is 0. The number of hydrogen-bond acceptors (Lipinski definition) is 2. The molecule has 0 spiro atoms. The van der Waals surface area contributed by atoms with E-state index in [1.807, 2.05) is 13.0 Å². The summed E-state index contributed by atoms with van der Waals surface area (Å²) >= 11 is 0. The van der Waals surface area contributed by atoms with Gasteiger partial charge in [-0.05, 0) is 12.5 Å². The number of nitrogens with zero attached hydrogens (tertiary/aromatic N) is 1. The average molecular weight is 98.1 g/mol. The van der Waals surface area contributed by atoms with Crippen molar-refractivity contribution >= 4 is 0 Å². The third-order valence-electron chi connectivity index (χ3n) is 0.842. The lowest BCUT2D eigenvalue weighted by Gasteiger charge is -1.97. The van der Waals surface area contributed by atoms with Crippen molar-refractivity contribution in [1.82, 2.24) is 0 Å². The first-order chi connectivity index (χ1) is 3.31. The van der Waals surface area contributed by atoms with Crippen molar-refractivity contribution in [3.05, 3.63) is 0 Å². The smallest absolute Gasteiger partial charge is 0.0625 e. The molecule has 0 bridgehead atoms. The van der Waals surface area contributed by atoms with Crippen LogP contribution in [0.4, 0.5) is 0 Å². The second-order valence-corrected chi connectivity index (χ2v) is 1.70. The number of rotatable bonds is 2. The maximum atomic E-state index is 8.06. The maximum Gasteiger partial charge on any atom is 0.0625 e. The topological polar surface area (TPSA) is 49.8 Å². The van der Waals surface area contributed by atoms with Gasteiger partial charge in [0.25, 0.3) is 0 Å². The summed E-state index contributed by atoms with van der Waals surface area (Å²) in [6, 6.07) is 2.04. The second-order valence-electron chi connectivity index (χ2n) is 1.70. The minimum Gasteiger partial charge on any atom is -0.330 e. The summed E-state index contributed by atoms with van der Waals surface area (Å²) in [6.07, 6.45) is 0.580. The molecule has 7 heavy (non-hydrogen) atoms. The fraction of sp³-hybridized carbons (Fsp3) is 0.800. The van der Waals surface area contributed by atoms with E-state index in [1.165, 1.54) is 0 Å². The fourth-order valence-corrected chi connectivity index (χ4v) is 0.239. The predicted octanol–water partition coefficient (Wildman–Crippen LogP) is 0.495. The molecule has 40 valence electrons. The van der Waals surface area contributed by atoms with Crippen LogP contribution >= 0.6 is 0 Å². The van der Waals surface area contributed by atoms with Gasteiger partial charge in [0.2, 0.25) is 0 Å². The Kier molecular flexibility index (Phi) is 3.35. The van der Waals surface area contributed by atoms with Gasteiger partial charge in [-0.25, -0.2) is 0 Å². The summed E-state index contributed by atoms with van der Waals surface area (Å²) in [4.78, 5) is 0. The number of nitrogens with two attached hydrogens (primary N) is 1. The highest BCUT2D eigenvalue weighted by Gasteiger charge is 1.93. The molecular weight excluding hydrogens is 88.1 g/mol. The van der Waals surface area contributed by atoms with Crippen LogP contribution in [0.1, 0.15) is 13.3 Å². The van der Waals surface area contributed by atoms with E-state index >= 15 is 0 Å². The van der Waals surface area contributed by atoms with E-state index in [2.05, 4.69) is 0 Å². The lowest BCUT2D eigenvalue weighted by atomic mass is 10.1. The highest BCUT2D eigenvalue weighted by molar-refractivity contribution is 4.72. The Hall–Kier alpha value is -0.550. The van der Waals surface area contributed by atoms with Gasteiger partial charge in [-0.3, -0.25) is 0 Å². The number of nitriles is 1. The van der Waals surface area contributed by atoms with Gasteiger partial charge in [-0.15, -0.1) is 0 Å². The molecule has 0 aromatic carbocycles. The summed E-state index contributed by atoms with van der Waals surface area (Å²) in [6.45, 7) is 2.58. The van der Waals surface area contributed by atoms with Gasteiger partial charge in [0.05, 0.1) is 6.07 Å². The molecule has 0 heterocycles. The first kappa shape index (κ1) is 6.45. The van der Waals surface area contributed by atoms with Crippen LogP contribution < -0.4 is 5.73 Å². The van der Waals surface area contributed by atoms with Crippen molar-refractivity contribution in [3.8, 4) is 6.07 Å². The molecule has 0 amide bonds. The van der Waals surface area contributed by atoms with Crippen molar-refractivity contribution in [3.63, 3.8) is 0 Å². The first-order valence-electron chi connectivity index (χ1n) is 2.38. The molecule has 0 aliphatic carbocycles. The Morgan fingerprint density at radius 1 is 1.86 bits per heavy atom. The molecule has 1 atom stereocenters. The monoisotopic (exact) mass is 98.1 g/mol. The molecule has 1 unspecified atom stereocenters. The molecule has 0 aromatic rings. The molecule has 0 fully saturated rings. The highest BCUT2D eigenvalue weighted by atomic mass is 14.5. The van der Waals surface area contributed by atoms with Crippen molar-refractivity contribution < 1.29 is 0 Å². The molecule has 0 saturated carbocycles. The van der Waals surface area contributed by atoms with Crippen LogP contribution in [0.15, 0.2) is 0 Å². The normalized spacial score (nSPS) is 12.7. The van der Waals surface area contributed by atoms with E-state index in [9.17, 15) is 0 Å². The van der Waals surface area contributed by atoms with Crippen LogP contribution in [0.3, 0.4) is 0 Å². The molecule has 0 saturated heterocycles. The van der Waals surface area contributed by atoms with Crippen molar-refractivity contribution in [2.45, 2.75) is 13.3 Å². The zero-order valence-corrected chi connectivity index (χ0v) is 4.52. The average Bonchev–Trinajstić information content (AvgIpc) is 1.68. The first-order valence-corrected chi connectivity index (χ1v) is 2.38. The van der Waals surface area contributed by atoms with E-state index < -0.39 is 0 Å². The van der Waals surface area contributed by atoms with Gasteiger partial charge in [0, 0.05) is 6.42 Å². The summed E-state index contributed by atoms with van der Waals surface area (Å²) in [5.41, 5.74) is 5.21. The van der Waals surface area contributed by atoms with Gasteiger partial charge in [0.1, 0.15) is 0 Å². The minimum atomic E-state index is 0.366. The quantitative estimate of drug-likeness (QED) is 0.546. The molecule has 2 nitrogen and oxygen atoms in total. The Morgan fingerprint density at radius 2 is 2.43 bits per heavy atom. The van der Waals surface area contributed by atoms with Crippen LogP contribution in [0.5, 0.6) is 0 Å². The van der Waals surface area contributed by atoms with Crippen molar-refractivity contribution in [2.75, 3.05) is 6.54 Å². The largest absolute Gasteiger partial charge is 0.330 e. The third kappa shape index (κ3) is 3.28. The lowest BCUT2D eigenvalue weighted by Crippen LogP contribution is -2.09. The van der Waals surface area contributed by atoms with Gasteiger partial charge in [-0.2, -0.15) is 5.26 Å². The molecule has 0 aliphatic rings. The molecule has 2 N–H and O–H groups in total. The number of hydrogen-bond donors (Lipinski definition) is 1. The zero-order valence-electron chi connectivity index (χ0n) is 4.52. The van der Waals surface area contributed by atoms with E-state index in [1.54, 1.807) is 0 Å². The Balaban J connectivity index is 3.03. The Labute approximate surface area is 43.9 Å². The SMILES string of the molecule is CC(CN)CC#N. The van der Waals surface area contributed by atoms with Gasteiger partial charge >= 0.3 is 0 Å². The molecule has 0 rings (SSSR count). The van der Waals surface area contributed by atoms with Crippen LogP contribution in [0.2, 0.25) is 0 Å². The van der Waals surface area contributed by atoms with Crippen LogP contribution in [0.25, 0.3) is 0 Å². The van der Waals surface area contributed by atoms with Crippen LogP contribution in [-0.4, -0.2) is 6.54 Å². The second kappa shape index (κ2) is 3.63. The molecule has 0 radical (unpaired) electrons.